The molecule has 2 N–H and O–H groups in total. The van der Waals surface area contributed by atoms with E-state index in [0.717, 1.165) is 0 Å². The van der Waals surface area contributed by atoms with Crippen LogP contribution >= 0.6 is 11.6 Å². The van der Waals surface area contributed by atoms with Gasteiger partial charge >= 0.3 is 0 Å². The topological polar surface area (TPSA) is 66.9 Å². The van der Waals surface area contributed by atoms with Crippen molar-refractivity contribution in [2.75, 3.05) is 18.9 Å². The second-order valence-electron chi connectivity index (χ2n) is 2.51. The van der Waals surface area contributed by atoms with Crippen LogP contribution in [-0.2, 0) is 0 Å². The quantitative estimate of drug-likeness (QED) is 0.735. The van der Waals surface area contributed by atoms with Crippen molar-refractivity contribution < 1.29 is 4.79 Å². The molecule has 0 aromatic carbocycles. The largest absolute Gasteiger partial charge is 0.372 e. The van der Waals surface area contributed by atoms with Crippen molar-refractivity contribution in [3.05, 3.63) is 17.0 Å². The zero-order valence-electron chi connectivity index (χ0n) is 7.97. The minimum absolute atomic E-state index is 0.113. The summed E-state index contributed by atoms with van der Waals surface area (Å²) in [6.07, 6.45) is 1.40. The third-order valence-corrected chi connectivity index (χ3v) is 1.76. The zero-order chi connectivity index (χ0) is 10.6. The van der Waals surface area contributed by atoms with E-state index in [0.29, 0.717) is 17.9 Å². The molecule has 6 heteroatoms. The van der Waals surface area contributed by atoms with Gasteiger partial charge < -0.3 is 10.6 Å². The van der Waals surface area contributed by atoms with Crippen LogP contribution in [-0.4, -0.2) is 29.5 Å². The first kappa shape index (κ1) is 10.7. The zero-order valence-corrected chi connectivity index (χ0v) is 8.72. The summed E-state index contributed by atoms with van der Waals surface area (Å²) in [5.41, 5.74) is 0.388. The molecule has 0 spiro atoms. The molecule has 0 atom stereocenters. The molecule has 0 aliphatic heterocycles. The molecule has 1 rings (SSSR count). The highest BCUT2D eigenvalue weighted by atomic mass is 35.5. The molecule has 1 aromatic heterocycles. The number of nitrogens with one attached hydrogen (secondary N) is 2. The molecule has 76 valence electrons. The van der Waals surface area contributed by atoms with Gasteiger partial charge in [0.05, 0.1) is 0 Å². The van der Waals surface area contributed by atoms with E-state index in [1.165, 1.54) is 6.20 Å². The Morgan fingerprint density at radius 2 is 2.36 bits per heavy atom. The van der Waals surface area contributed by atoms with E-state index < -0.39 is 0 Å². The molecular formula is C8H11ClN4O. The number of halogens is 1. The number of hydrogen-bond donors (Lipinski definition) is 2. The number of aromatic nitrogens is 2. The summed E-state index contributed by atoms with van der Waals surface area (Å²) in [6.45, 7) is 2.40. The number of rotatable bonds is 3. The van der Waals surface area contributed by atoms with Crippen LogP contribution in [0.1, 0.15) is 17.3 Å². The molecule has 0 unspecified atom stereocenters. The highest BCUT2D eigenvalue weighted by molar-refractivity contribution is 6.28. The number of carbonyl (C=O) groups excluding carboxylic acids is 1. The van der Waals surface area contributed by atoms with Gasteiger partial charge in [-0.15, -0.1) is 0 Å². The number of hydrogen-bond acceptors (Lipinski definition) is 4. The van der Waals surface area contributed by atoms with Crippen molar-refractivity contribution >= 4 is 23.3 Å². The van der Waals surface area contributed by atoms with Crippen molar-refractivity contribution in [2.24, 2.45) is 0 Å². The first-order chi connectivity index (χ1) is 6.69. The van der Waals surface area contributed by atoms with E-state index in [2.05, 4.69) is 20.6 Å². The van der Waals surface area contributed by atoms with Crippen LogP contribution in [0.25, 0.3) is 0 Å². The van der Waals surface area contributed by atoms with Gasteiger partial charge in [-0.3, -0.25) is 4.79 Å². The Hall–Kier alpha value is -1.36. The molecular weight excluding hydrogens is 204 g/mol. The predicted molar refractivity (Wildman–Crippen MR) is 54.6 cm³/mol. The fraction of sp³-hybridized carbons (Fsp3) is 0.375. The van der Waals surface area contributed by atoms with Gasteiger partial charge in [-0.2, -0.15) is 4.98 Å². The van der Waals surface area contributed by atoms with Crippen LogP contribution < -0.4 is 10.6 Å². The number of anilines is 1. The molecule has 0 fully saturated rings. The standard InChI is InChI=1S/C8H11ClN4O/c1-3-11-7(14)5-4-12-8(9)13-6(5)10-2/h4H,3H2,1-2H3,(H,11,14)(H,10,12,13). The molecule has 1 heterocycles. The van der Waals surface area contributed by atoms with Crippen LogP contribution in [0.3, 0.4) is 0 Å². The SMILES string of the molecule is CCNC(=O)c1cnc(Cl)nc1NC. The molecule has 14 heavy (non-hydrogen) atoms. The van der Waals surface area contributed by atoms with Crippen molar-refractivity contribution in [2.45, 2.75) is 6.92 Å². The smallest absolute Gasteiger partial charge is 0.256 e. The normalized spacial score (nSPS) is 9.64. The minimum atomic E-state index is -0.214. The van der Waals surface area contributed by atoms with Crippen molar-refractivity contribution in [1.29, 1.82) is 0 Å². The van der Waals surface area contributed by atoms with Crippen molar-refractivity contribution in [3.63, 3.8) is 0 Å². The highest BCUT2D eigenvalue weighted by Gasteiger charge is 2.11. The lowest BCUT2D eigenvalue weighted by Gasteiger charge is -2.06. The van der Waals surface area contributed by atoms with Gasteiger partial charge in [-0.25, -0.2) is 4.98 Å². The fourth-order valence-corrected chi connectivity index (χ4v) is 1.11. The molecule has 0 bridgehead atoms. The van der Waals surface area contributed by atoms with E-state index >= 15 is 0 Å². The van der Waals surface area contributed by atoms with Crippen LogP contribution in [0.5, 0.6) is 0 Å². The minimum Gasteiger partial charge on any atom is -0.372 e. The van der Waals surface area contributed by atoms with E-state index in [9.17, 15) is 4.79 Å². The highest BCUT2D eigenvalue weighted by Crippen LogP contribution is 2.12. The first-order valence-corrected chi connectivity index (χ1v) is 4.55. The maximum Gasteiger partial charge on any atom is 0.256 e. The first-order valence-electron chi connectivity index (χ1n) is 4.17. The molecule has 1 aromatic rings. The average molecular weight is 215 g/mol. The summed E-state index contributed by atoms with van der Waals surface area (Å²) in [6, 6.07) is 0. The van der Waals surface area contributed by atoms with Gasteiger partial charge in [-0.1, -0.05) is 0 Å². The molecule has 0 saturated carbocycles. The van der Waals surface area contributed by atoms with Gasteiger partial charge in [0.25, 0.3) is 5.91 Å². The van der Waals surface area contributed by atoms with Gasteiger partial charge in [0.2, 0.25) is 5.28 Å². The molecule has 0 saturated heterocycles. The summed E-state index contributed by atoms with van der Waals surface area (Å²) in [5, 5.41) is 5.55. The Kier molecular flexibility index (Phi) is 3.64. The number of nitrogens with zero attached hydrogens (tertiary/aromatic N) is 2. The fourth-order valence-electron chi connectivity index (χ4n) is 0.973. The molecule has 0 aliphatic carbocycles. The monoisotopic (exact) mass is 214 g/mol. The summed E-state index contributed by atoms with van der Waals surface area (Å²) in [5.74, 6) is 0.212. The second-order valence-corrected chi connectivity index (χ2v) is 2.85. The summed E-state index contributed by atoms with van der Waals surface area (Å²) in [4.78, 5) is 19.1. The van der Waals surface area contributed by atoms with Gasteiger partial charge in [-0.05, 0) is 18.5 Å². The Bertz CT molecular complexity index is 342. The van der Waals surface area contributed by atoms with Gasteiger partial charge in [0.15, 0.2) is 0 Å². The van der Waals surface area contributed by atoms with Crippen molar-refractivity contribution in [3.8, 4) is 0 Å². The van der Waals surface area contributed by atoms with E-state index in [1.807, 2.05) is 6.92 Å². The van der Waals surface area contributed by atoms with Crippen LogP contribution in [0, 0.1) is 0 Å². The van der Waals surface area contributed by atoms with Crippen molar-refractivity contribution in [1.82, 2.24) is 15.3 Å². The van der Waals surface area contributed by atoms with E-state index in [4.69, 9.17) is 11.6 Å². The summed E-state index contributed by atoms with van der Waals surface area (Å²) >= 11 is 5.58. The summed E-state index contributed by atoms with van der Waals surface area (Å²) in [7, 11) is 1.67. The Morgan fingerprint density at radius 3 is 2.93 bits per heavy atom. The Labute approximate surface area is 86.9 Å². The summed E-state index contributed by atoms with van der Waals surface area (Å²) < 4.78 is 0. The van der Waals surface area contributed by atoms with Crippen LogP contribution in [0.15, 0.2) is 6.20 Å². The molecule has 0 radical (unpaired) electrons. The Balaban J connectivity index is 3.01. The third kappa shape index (κ3) is 2.32. The molecule has 1 amide bonds. The maximum atomic E-state index is 11.5. The van der Waals surface area contributed by atoms with Crippen LogP contribution in [0.2, 0.25) is 5.28 Å². The van der Waals surface area contributed by atoms with Gasteiger partial charge in [0.1, 0.15) is 11.4 Å². The lowest BCUT2D eigenvalue weighted by molar-refractivity contribution is 0.0956. The Morgan fingerprint density at radius 1 is 1.64 bits per heavy atom. The molecule has 5 nitrogen and oxygen atoms in total. The number of amides is 1. The van der Waals surface area contributed by atoms with Gasteiger partial charge in [0, 0.05) is 19.8 Å². The lowest BCUT2D eigenvalue weighted by atomic mass is 10.3. The lowest BCUT2D eigenvalue weighted by Crippen LogP contribution is -2.24. The second kappa shape index (κ2) is 4.76. The van der Waals surface area contributed by atoms with E-state index in [-0.39, 0.29) is 11.2 Å². The maximum absolute atomic E-state index is 11.5. The molecule has 0 aliphatic rings. The van der Waals surface area contributed by atoms with Crippen LogP contribution in [0.4, 0.5) is 5.82 Å². The van der Waals surface area contributed by atoms with E-state index in [1.54, 1.807) is 7.05 Å². The number of carbonyl (C=O) groups is 1. The third-order valence-electron chi connectivity index (χ3n) is 1.58. The average Bonchev–Trinajstić information content (AvgIpc) is 2.17. The predicted octanol–water partition coefficient (Wildman–Crippen LogP) is 0.921.